The van der Waals surface area contributed by atoms with Crippen LogP contribution in [0.4, 0.5) is 0 Å². The van der Waals surface area contributed by atoms with Crippen LogP contribution >= 0.6 is 0 Å². The van der Waals surface area contributed by atoms with Crippen LogP contribution in [-0.2, 0) is 0 Å². The number of nitrogens with zero attached hydrogens (tertiary/aromatic N) is 1. The van der Waals surface area contributed by atoms with Crippen molar-refractivity contribution in [1.29, 1.82) is 0 Å². The molecule has 0 aromatic heterocycles. The second-order valence-electron chi connectivity index (χ2n) is 6.16. The van der Waals surface area contributed by atoms with E-state index in [0.29, 0.717) is 19.1 Å². The third-order valence-electron chi connectivity index (χ3n) is 4.06. The maximum Gasteiger partial charge on any atom is 0.122 e. The Morgan fingerprint density at radius 2 is 2.24 bits per heavy atom. The molecule has 0 spiro atoms. The maximum absolute atomic E-state index is 9.98. The Kier molecular flexibility index (Phi) is 6.49. The monoisotopic (exact) mass is 292 g/mol. The standard InChI is InChI=1S/C17H28N2O2/c1-14-6-3-4-8-17(14)21-13-16(20)11-18-10-15-7-5-9-19(2)12-15/h3-4,6,8,15-16,18,20H,5,7,9-13H2,1-2H3. The van der Waals surface area contributed by atoms with Crippen LogP contribution in [0.2, 0.25) is 0 Å². The summed E-state index contributed by atoms with van der Waals surface area (Å²) < 4.78 is 5.66. The number of nitrogens with one attached hydrogen (secondary N) is 1. The van der Waals surface area contributed by atoms with Crippen molar-refractivity contribution in [2.45, 2.75) is 25.9 Å². The van der Waals surface area contributed by atoms with Crippen molar-refractivity contribution >= 4 is 0 Å². The van der Waals surface area contributed by atoms with Crippen LogP contribution in [-0.4, -0.2) is 55.9 Å². The second-order valence-corrected chi connectivity index (χ2v) is 6.16. The molecule has 2 atom stereocenters. The fourth-order valence-electron chi connectivity index (χ4n) is 2.86. The first-order valence-corrected chi connectivity index (χ1v) is 7.91. The number of para-hydroxylation sites is 1. The lowest BCUT2D eigenvalue weighted by atomic mass is 9.98. The van der Waals surface area contributed by atoms with E-state index in [1.54, 1.807) is 0 Å². The largest absolute Gasteiger partial charge is 0.491 e. The molecule has 2 unspecified atom stereocenters. The summed E-state index contributed by atoms with van der Waals surface area (Å²) in [6.45, 7) is 6.28. The highest BCUT2D eigenvalue weighted by Crippen LogP contribution is 2.16. The number of aliphatic hydroxyl groups excluding tert-OH is 1. The highest BCUT2D eigenvalue weighted by atomic mass is 16.5. The maximum atomic E-state index is 9.98. The van der Waals surface area contributed by atoms with E-state index in [9.17, 15) is 5.11 Å². The minimum absolute atomic E-state index is 0.336. The van der Waals surface area contributed by atoms with Crippen LogP contribution in [0.15, 0.2) is 24.3 Å². The van der Waals surface area contributed by atoms with Gasteiger partial charge in [0.2, 0.25) is 0 Å². The van der Waals surface area contributed by atoms with Crippen LogP contribution in [0.3, 0.4) is 0 Å². The van der Waals surface area contributed by atoms with Crippen LogP contribution in [0.25, 0.3) is 0 Å². The van der Waals surface area contributed by atoms with E-state index in [4.69, 9.17) is 4.74 Å². The minimum Gasteiger partial charge on any atom is -0.491 e. The Balaban J connectivity index is 1.61. The number of aliphatic hydroxyl groups is 1. The normalized spacial score (nSPS) is 21.2. The SMILES string of the molecule is Cc1ccccc1OCC(O)CNCC1CCCN(C)C1. The van der Waals surface area contributed by atoms with Gasteiger partial charge < -0.3 is 20.1 Å². The molecule has 0 saturated carbocycles. The number of piperidine rings is 1. The van der Waals surface area contributed by atoms with E-state index < -0.39 is 6.10 Å². The second kappa shape index (κ2) is 8.37. The summed E-state index contributed by atoms with van der Waals surface area (Å²) in [6.07, 6.45) is 2.10. The van der Waals surface area contributed by atoms with Crippen molar-refractivity contribution < 1.29 is 9.84 Å². The molecule has 2 rings (SSSR count). The summed E-state index contributed by atoms with van der Waals surface area (Å²) in [5.74, 6) is 1.55. The summed E-state index contributed by atoms with van der Waals surface area (Å²) in [7, 11) is 2.18. The zero-order valence-corrected chi connectivity index (χ0v) is 13.2. The van der Waals surface area contributed by atoms with Crippen molar-refractivity contribution in [3.8, 4) is 5.75 Å². The lowest BCUT2D eigenvalue weighted by Crippen LogP contribution is -2.40. The number of hydrogen-bond donors (Lipinski definition) is 2. The number of rotatable bonds is 7. The van der Waals surface area contributed by atoms with Crippen molar-refractivity contribution in [2.24, 2.45) is 5.92 Å². The van der Waals surface area contributed by atoms with Gasteiger partial charge in [-0.2, -0.15) is 0 Å². The number of benzene rings is 1. The summed E-state index contributed by atoms with van der Waals surface area (Å²) in [6, 6.07) is 7.89. The topological polar surface area (TPSA) is 44.7 Å². The van der Waals surface area contributed by atoms with Gasteiger partial charge in [0.25, 0.3) is 0 Å². The molecule has 118 valence electrons. The molecular weight excluding hydrogens is 264 g/mol. The van der Waals surface area contributed by atoms with Crippen molar-refractivity contribution in [3.05, 3.63) is 29.8 Å². The van der Waals surface area contributed by atoms with E-state index in [1.807, 2.05) is 31.2 Å². The summed E-state index contributed by atoms with van der Waals surface area (Å²) in [5.41, 5.74) is 1.10. The first-order valence-electron chi connectivity index (χ1n) is 7.91. The van der Waals surface area contributed by atoms with Gasteiger partial charge in [-0.15, -0.1) is 0 Å². The Morgan fingerprint density at radius 1 is 1.43 bits per heavy atom. The Hall–Kier alpha value is -1.10. The van der Waals surface area contributed by atoms with Crippen LogP contribution in [0, 0.1) is 12.8 Å². The fraction of sp³-hybridized carbons (Fsp3) is 0.647. The van der Waals surface area contributed by atoms with Gasteiger partial charge in [-0.25, -0.2) is 0 Å². The number of likely N-dealkylation sites (tertiary alicyclic amines) is 1. The molecule has 1 heterocycles. The summed E-state index contributed by atoms with van der Waals surface area (Å²) in [5, 5.41) is 13.4. The fourth-order valence-corrected chi connectivity index (χ4v) is 2.86. The molecule has 0 radical (unpaired) electrons. The molecule has 2 N–H and O–H groups in total. The predicted molar refractivity (Wildman–Crippen MR) is 85.8 cm³/mol. The van der Waals surface area contributed by atoms with Crippen molar-refractivity contribution in [1.82, 2.24) is 10.2 Å². The van der Waals surface area contributed by atoms with Gasteiger partial charge in [0.05, 0.1) is 0 Å². The van der Waals surface area contributed by atoms with Crippen LogP contribution < -0.4 is 10.1 Å². The van der Waals surface area contributed by atoms with E-state index in [1.165, 1.54) is 19.4 Å². The first kappa shape index (κ1) is 16.3. The highest BCUT2D eigenvalue weighted by Gasteiger charge is 2.17. The van der Waals surface area contributed by atoms with E-state index >= 15 is 0 Å². The van der Waals surface area contributed by atoms with Gasteiger partial charge in [0, 0.05) is 13.1 Å². The Bertz CT molecular complexity index is 425. The lowest BCUT2D eigenvalue weighted by Gasteiger charge is -2.30. The highest BCUT2D eigenvalue weighted by molar-refractivity contribution is 5.31. The Labute approximate surface area is 128 Å². The molecule has 0 amide bonds. The molecule has 21 heavy (non-hydrogen) atoms. The first-order chi connectivity index (χ1) is 10.1. The molecule has 1 aromatic carbocycles. The molecule has 1 saturated heterocycles. The molecular formula is C17H28N2O2. The summed E-state index contributed by atoms with van der Waals surface area (Å²) in [4.78, 5) is 2.38. The van der Waals surface area contributed by atoms with Gasteiger partial charge in [0.15, 0.2) is 0 Å². The molecule has 1 fully saturated rings. The van der Waals surface area contributed by atoms with Gasteiger partial charge in [-0.1, -0.05) is 18.2 Å². The molecule has 4 heteroatoms. The van der Waals surface area contributed by atoms with Gasteiger partial charge >= 0.3 is 0 Å². The third kappa shape index (κ3) is 5.65. The van der Waals surface area contributed by atoms with Crippen LogP contribution in [0.5, 0.6) is 5.75 Å². The van der Waals surface area contributed by atoms with Gasteiger partial charge in [-0.05, 0) is 57.5 Å². The third-order valence-corrected chi connectivity index (χ3v) is 4.06. The molecule has 1 aliphatic heterocycles. The molecule has 0 aliphatic carbocycles. The quantitative estimate of drug-likeness (QED) is 0.802. The molecule has 0 bridgehead atoms. The zero-order chi connectivity index (χ0) is 15.1. The summed E-state index contributed by atoms with van der Waals surface area (Å²) >= 11 is 0. The molecule has 1 aromatic rings. The molecule has 1 aliphatic rings. The van der Waals surface area contributed by atoms with E-state index in [-0.39, 0.29) is 0 Å². The van der Waals surface area contributed by atoms with Gasteiger partial charge in [-0.3, -0.25) is 0 Å². The average Bonchev–Trinajstić information content (AvgIpc) is 2.46. The van der Waals surface area contributed by atoms with Crippen molar-refractivity contribution in [2.75, 3.05) is 39.8 Å². The smallest absolute Gasteiger partial charge is 0.122 e. The lowest BCUT2D eigenvalue weighted by molar-refractivity contribution is 0.103. The molecule has 4 nitrogen and oxygen atoms in total. The van der Waals surface area contributed by atoms with E-state index in [2.05, 4.69) is 17.3 Å². The van der Waals surface area contributed by atoms with Gasteiger partial charge in [0.1, 0.15) is 18.5 Å². The number of ether oxygens (including phenoxy) is 1. The predicted octanol–water partition coefficient (Wildman–Crippen LogP) is 1.67. The Morgan fingerprint density at radius 3 is 3.00 bits per heavy atom. The number of hydrogen-bond acceptors (Lipinski definition) is 4. The average molecular weight is 292 g/mol. The number of aryl methyl sites for hydroxylation is 1. The van der Waals surface area contributed by atoms with Crippen molar-refractivity contribution in [3.63, 3.8) is 0 Å². The zero-order valence-electron chi connectivity index (χ0n) is 13.2. The van der Waals surface area contributed by atoms with Crippen LogP contribution in [0.1, 0.15) is 18.4 Å². The van der Waals surface area contributed by atoms with E-state index in [0.717, 1.165) is 24.4 Å². The minimum atomic E-state index is -0.467.